The highest BCUT2D eigenvalue weighted by molar-refractivity contribution is 5.85. The number of nitrogens with zero attached hydrogens (tertiary/aromatic N) is 6. The number of pyridine rings is 3. The molecule has 3 N–H and O–H groups in total. The van der Waals surface area contributed by atoms with Crippen molar-refractivity contribution in [1.82, 2.24) is 24.5 Å². The Morgan fingerprint density at radius 1 is 0.917 bits per heavy atom. The van der Waals surface area contributed by atoms with Crippen LogP contribution in [0.15, 0.2) is 73.2 Å². The van der Waals surface area contributed by atoms with Gasteiger partial charge in [-0.3, -0.25) is 9.55 Å². The second-order valence-electron chi connectivity index (χ2n) is 7.10. The standard InChI is InChI=1S/C24H17N7O.2C2H6/c25-12-16-13-27-11-9-18(16)20-7-8-21-24(29-20)31(17-5-3-15(14-32)4-6-17)23(30-21)19-2-1-10-28-22(19)26;2*1-2/h1-11,13,32H,14H2,(H2,26,28);2*1-2H3. The molecule has 0 radical (unpaired) electrons. The molecule has 0 unspecified atom stereocenters. The largest absolute Gasteiger partial charge is 0.392 e. The van der Waals surface area contributed by atoms with Crippen LogP contribution in [0.3, 0.4) is 0 Å². The number of aliphatic hydroxyl groups excluding tert-OH is 1. The van der Waals surface area contributed by atoms with Crippen molar-refractivity contribution in [2.75, 3.05) is 5.73 Å². The molecule has 4 heterocycles. The molecule has 0 saturated carbocycles. The van der Waals surface area contributed by atoms with Gasteiger partial charge >= 0.3 is 0 Å². The van der Waals surface area contributed by atoms with E-state index in [0.717, 1.165) is 11.3 Å². The average Bonchev–Trinajstić information content (AvgIpc) is 3.34. The van der Waals surface area contributed by atoms with Crippen LogP contribution in [0.25, 0.3) is 39.5 Å². The van der Waals surface area contributed by atoms with Crippen LogP contribution in [-0.2, 0) is 6.61 Å². The number of nitrogens with two attached hydrogens (primary N) is 1. The zero-order valence-corrected chi connectivity index (χ0v) is 20.8. The lowest BCUT2D eigenvalue weighted by Crippen LogP contribution is -2.02. The summed E-state index contributed by atoms with van der Waals surface area (Å²) in [5.41, 5.74) is 11.5. The first-order valence-corrected chi connectivity index (χ1v) is 11.8. The molecular weight excluding hydrogens is 450 g/mol. The van der Waals surface area contributed by atoms with Gasteiger partial charge in [-0.1, -0.05) is 39.8 Å². The molecule has 1 aromatic carbocycles. The molecule has 0 amide bonds. The molecule has 4 aromatic heterocycles. The molecule has 5 rings (SSSR count). The summed E-state index contributed by atoms with van der Waals surface area (Å²) in [7, 11) is 0. The fraction of sp³-hybridized carbons (Fsp3) is 0.179. The number of hydrogen-bond donors (Lipinski definition) is 2. The van der Waals surface area contributed by atoms with Gasteiger partial charge in [-0.05, 0) is 48.0 Å². The number of aliphatic hydroxyl groups is 1. The second kappa shape index (κ2) is 12.2. The third-order valence-electron chi connectivity index (χ3n) is 5.18. The molecule has 36 heavy (non-hydrogen) atoms. The van der Waals surface area contributed by atoms with Crippen molar-refractivity contribution in [3.8, 4) is 34.4 Å². The van der Waals surface area contributed by atoms with E-state index < -0.39 is 0 Å². The third kappa shape index (κ3) is 5.06. The average molecular weight is 480 g/mol. The summed E-state index contributed by atoms with van der Waals surface area (Å²) < 4.78 is 1.90. The molecular formula is C28H29N7O. The molecule has 0 atom stereocenters. The summed E-state index contributed by atoms with van der Waals surface area (Å²) in [6.07, 6.45) is 4.79. The van der Waals surface area contributed by atoms with Gasteiger partial charge in [0.25, 0.3) is 0 Å². The van der Waals surface area contributed by atoms with Crippen LogP contribution in [0.1, 0.15) is 38.8 Å². The Labute approximate surface area is 210 Å². The highest BCUT2D eigenvalue weighted by atomic mass is 16.3. The zero-order valence-electron chi connectivity index (χ0n) is 20.8. The summed E-state index contributed by atoms with van der Waals surface area (Å²) in [6, 6.07) is 18.8. The van der Waals surface area contributed by atoms with Gasteiger partial charge in [0.2, 0.25) is 0 Å². The van der Waals surface area contributed by atoms with E-state index in [4.69, 9.17) is 15.7 Å². The molecule has 0 aliphatic rings. The number of anilines is 1. The molecule has 0 aliphatic heterocycles. The minimum Gasteiger partial charge on any atom is -0.392 e. The Kier molecular flexibility index (Phi) is 8.81. The van der Waals surface area contributed by atoms with Crippen LogP contribution in [0.2, 0.25) is 0 Å². The SMILES string of the molecule is CC.CC.N#Cc1cnccc1-c1ccc2nc(-c3cccnc3N)n(-c3ccc(CO)cc3)c2n1. The van der Waals surface area contributed by atoms with E-state index in [1.54, 1.807) is 24.5 Å². The van der Waals surface area contributed by atoms with Gasteiger partial charge in [-0.2, -0.15) is 5.26 Å². The minimum atomic E-state index is -0.0469. The van der Waals surface area contributed by atoms with Gasteiger partial charge in [0.1, 0.15) is 17.4 Å². The summed E-state index contributed by atoms with van der Waals surface area (Å²) in [5.74, 6) is 0.958. The normalized spacial score (nSPS) is 10.0. The zero-order chi connectivity index (χ0) is 26.1. The predicted octanol–water partition coefficient (Wildman–Crippen LogP) is 5.54. The lowest BCUT2D eigenvalue weighted by molar-refractivity contribution is 0.282. The van der Waals surface area contributed by atoms with Gasteiger partial charge in [0.15, 0.2) is 11.5 Å². The summed E-state index contributed by atoms with van der Waals surface area (Å²) in [5, 5.41) is 18.9. The van der Waals surface area contributed by atoms with Crippen molar-refractivity contribution in [2.24, 2.45) is 0 Å². The van der Waals surface area contributed by atoms with Gasteiger partial charge in [-0.15, -0.1) is 0 Å². The van der Waals surface area contributed by atoms with Crippen LogP contribution < -0.4 is 5.73 Å². The summed E-state index contributed by atoms with van der Waals surface area (Å²) in [4.78, 5) is 17.9. The van der Waals surface area contributed by atoms with Gasteiger partial charge < -0.3 is 10.8 Å². The lowest BCUT2D eigenvalue weighted by atomic mass is 10.1. The number of nitrogen functional groups attached to an aromatic ring is 1. The molecule has 0 spiro atoms. The number of imidazole rings is 1. The molecule has 8 nitrogen and oxygen atoms in total. The second-order valence-corrected chi connectivity index (χ2v) is 7.10. The molecule has 0 saturated heterocycles. The summed E-state index contributed by atoms with van der Waals surface area (Å²) >= 11 is 0. The van der Waals surface area contributed by atoms with Crippen LogP contribution in [0.5, 0.6) is 0 Å². The number of hydrogen-bond acceptors (Lipinski definition) is 7. The monoisotopic (exact) mass is 479 g/mol. The first-order valence-electron chi connectivity index (χ1n) is 11.8. The Morgan fingerprint density at radius 2 is 1.67 bits per heavy atom. The number of nitriles is 1. The van der Waals surface area contributed by atoms with Gasteiger partial charge in [0.05, 0.1) is 23.4 Å². The highest BCUT2D eigenvalue weighted by Crippen LogP contribution is 2.32. The molecule has 182 valence electrons. The fourth-order valence-corrected chi connectivity index (χ4v) is 3.60. The Hall–Kier alpha value is -4.61. The van der Waals surface area contributed by atoms with Crippen molar-refractivity contribution < 1.29 is 5.11 Å². The van der Waals surface area contributed by atoms with Crippen molar-refractivity contribution in [1.29, 1.82) is 5.26 Å². The Morgan fingerprint density at radius 3 is 2.33 bits per heavy atom. The number of fused-ring (bicyclic) bond motifs is 1. The highest BCUT2D eigenvalue weighted by Gasteiger charge is 2.19. The van der Waals surface area contributed by atoms with Crippen molar-refractivity contribution in [2.45, 2.75) is 34.3 Å². The van der Waals surface area contributed by atoms with E-state index >= 15 is 0 Å². The maximum absolute atomic E-state index is 9.48. The Balaban J connectivity index is 0.000000861. The van der Waals surface area contributed by atoms with E-state index in [1.807, 2.05) is 74.7 Å². The van der Waals surface area contributed by atoms with E-state index in [1.165, 1.54) is 6.20 Å². The van der Waals surface area contributed by atoms with Crippen molar-refractivity contribution in [3.63, 3.8) is 0 Å². The molecule has 0 aliphatic carbocycles. The number of benzene rings is 1. The predicted molar refractivity (Wildman–Crippen MR) is 143 cm³/mol. The maximum atomic E-state index is 9.48. The van der Waals surface area contributed by atoms with Crippen LogP contribution >= 0.6 is 0 Å². The third-order valence-corrected chi connectivity index (χ3v) is 5.18. The minimum absolute atomic E-state index is 0.0469. The molecule has 8 heteroatoms. The topological polar surface area (TPSA) is 127 Å². The Bertz CT molecular complexity index is 1480. The lowest BCUT2D eigenvalue weighted by Gasteiger charge is -2.11. The van der Waals surface area contributed by atoms with E-state index in [9.17, 15) is 10.4 Å². The van der Waals surface area contributed by atoms with E-state index in [0.29, 0.717) is 45.2 Å². The molecule has 0 bridgehead atoms. The van der Waals surface area contributed by atoms with Crippen LogP contribution in [0.4, 0.5) is 5.82 Å². The first kappa shape index (κ1) is 26.0. The summed E-state index contributed by atoms with van der Waals surface area (Å²) in [6.45, 7) is 7.95. The van der Waals surface area contributed by atoms with Crippen molar-refractivity contribution in [3.05, 3.63) is 84.3 Å². The quantitative estimate of drug-likeness (QED) is 0.346. The maximum Gasteiger partial charge on any atom is 0.165 e. The smallest absolute Gasteiger partial charge is 0.165 e. The van der Waals surface area contributed by atoms with E-state index in [2.05, 4.69) is 16.0 Å². The van der Waals surface area contributed by atoms with E-state index in [-0.39, 0.29) is 6.61 Å². The van der Waals surface area contributed by atoms with Gasteiger partial charge in [-0.25, -0.2) is 15.0 Å². The molecule has 5 aromatic rings. The van der Waals surface area contributed by atoms with Crippen LogP contribution in [-0.4, -0.2) is 29.6 Å². The molecule has 0 fully saturated rings. The fourth-order valence-electron chi connectivity index (χ4n) is 3.60. The first-order chi connectivity index (χ1) is 17.7. The number of aromatic nitrogens is 5. The number of rotatable bonds is 4. The van der Waals surface area contributed by atoms with Gasteiger partial charge in [0, 0.05) is 29.8 Å². The van der Waals surface area contributed by atoms with Crippen molar-refractivity contribution >= 4 is 17.0 Å². The van der Waals surface area contributed by atoms with Crippen LogP contribution in [0, 0.1) is 11.3 Å².